The molecule has 0 saturated heterocycles. The molecule has 160 valence electrons. The third-order valence-electron chi connectivity index (χ3n) is 4.56. The molecule has 4 rings (SSSR count). The van der Waals surface area contributed by atoms with Gasteiger partial charge in [-0.05, 0) is 48.4 Å². The summed E-state index contributed by atoms with van der Waals surface area (Å²) in [5.74, 6) is 1.10. The van der Waals surface area contributed by atoms with Crippen molar-refractivity contribution in [3.8, 4) is 0 Å². The Morgan fingerprint density at radius 3 is 2.42 bits per heavy atom. The second kappa shape index (κ2) is 10.6. The van der Waals surface area contributed by atoms with Crippen molar-refractivity contribution in [2.45, 2.75) is 12.8 Å². The van der Waals surface area contributed by atoms with E-state index in [4.69, 9.17) is 15.6 Å². The van der Waals surface area contributed by atoms with Crippen LogP contribution < -0.4 is 11.1 Å². The van der Waals surface area contributed by atoms with Crippen molar-refractivity contribution in [2.24, 2.45) is 5.73 Å². The van der Waals surface area contributed by atoms with E-state index < -0.39 is 0 Å². The number of hydrogen-bond donors (Lipinski definition) is 3. The van der Waals surface area contributed by atoms with Crippen molar-refractivity contribution >= 4 is 53.3 Å². The molecule has 0 unspecified atom stereocenters. The summed E-state index contributed by atoms with van der Waals surface area (Å²) in [6, 6.07) is 14.9. The van der Waals surface area contributed by atoms with Gasteiger partial charge in [0.15, 0.2) is 5.82 Å². The van der Waals surface area contributed by atoms with Gasteiger partial charge < -0.3 is 15.5 Å². The lowest BCUT2D eigenvalue weighted by molar-refractivity contribution is 0.102. The van der Waals surface area contributed by atoms with E-state index >= 15 is 0 Å². The van der Waals surface area contributed by atoms with Gasteiger partial charge in [0.1, 0.15) is 17.2 Å². The molecule has 4 N–H and O–H groups in total. The van der Waals surface area contributed by atoms with Crippen LogP contribution in [0, 0.1) is 5.41 Å². The Labute approximate surface area is 191 Å². The smallest absolute Gasteiger partial charge is 0.256 e. The fraction of sp³-hybridized carbons (Fsp3) is 0.0909. The number of nitrogen functional groups attached to an aromatic ring is 1. The summed E-state index contributed by atoms with van der Waals surface area (Å²) in [6.07, 6.45) is 6.09. The molecule has 7 nitrogen and oxygen atoms in total. The molecule has 1 amide bonds. The normalized spacial score (nSPS) is 10.1. The highest BCUT2D eigenvalue weighted by Gasteiger charge is 2.09. The molecule has 2 heterocycles. The second-order valence-corrected chi connectivity index (χ2v) is 6.62. The first-order chi connectivity index (χ1) is 14.1. The number of anilines is 1. The van der Waals surface area contributed by atoms with Crippen LogP contribution in [-0.4, -0.2) is 21.7 Å². The highest BCUT2D eigenvalue weighted by atomic mass is 35.5. The van der Waals surface area contributed by atoms with Crippen molar-refractivity contribution in [3.63, 3.8) is 0 Å². The monoisotopic (exact) mass is 457 g/mol. The second-order valence-electron chi connectivity index (χ2n) is 6.62. The topological polar surface area (TPSA) is 118 Å². The van der Waals surface area contributed by atoms with Crippen LogP contribution in [0.5, 0.6) is 0 Å². The first-order valence-electron chi connectivity index (χ1n) is 9.12. The first kappa shape index (κ1) is 23.9. The molecule has 0 atom stereocenters. The van der Waals surface area contributed by atoms with Gasteiger partial charge in [0, 0.05) is 35.3 Å². The highest BCUT2D eigenvalue weighted by molar-refractivity contribution is 6.03. The van der Waals surface area contributed by atoms with E-state index in [9.17, 15) is 4.79 Å². The maximum atomic E-state index is 12.3. The van der Waals surface area contributed by atoms with Crippen molar-refractivity contribution in [1.29, 1.82) is 5.41 Å². The number of hydrogen-bond acceptors (Lipinski definition) is 5. The Hall–Kier alpha value is -3.42. The lowest BCUT2D eigenvalue weighted by atomic mass is 10.1. The fourth-order valence-corrected chi connectivity index (χ4v) is 3.03. The number of furan rings is 1. The van der Waals surface area contributed by atoms with Gasteiger partial charge in [-0.2, -0.15) is 0 Å². The number of amidine groups is 1. The summed E-state index contributed by atoms with van der Waals surface area (Å²) in [6.45, 7) is 0. The van der Waals surface area contributed by atoms with Crippen LogP contribution in [0.25, 0.3) is 11.0 Å². The van der Waals surface area contributed by atoms with Gasteiger partial charge in [0.05, 0.1) is 6.20 Å². The fourth-order valence-electron chi connectivity index (χ4n) is 3.03. The van der Waals surface area contributed by atoms with E-state index in [-0.39, 0.29) is 36.6 Å². The minimum Gasteiger partial charge on any atom is -0.461 e. The van der Waals surface area contributed by atoms with Crippen LogP contribution in [0.1, 0.15) is 27.2 Å². The summed E-state index contributed by atoms with van der Waals surface area (Å²) in [7, 11) is 0. The van der Waals surface area contributed by atoms with E-state index in [1.165, 1.54) is 12.4 Å². The Morgan fingerprint density at radius 1 is 1.00 bits per heavy atom. The lowest BCUT2D eigenvalue weighted by Gasteiger charge is -2.05. The molecule has 4 aromatic rings. The standard InChI is InChI=1S/C22H19N5O2.2ClH/c23-21(24)16-6-8-19-17(11-16)12-18(29-19)7-3-14-1-4-15(5-2-14)22(28)27-20-13-25-9-10-26-20;;/h1-2,4-6,8-13H,3,7H2,(H3,23,24)(H,26,27,28);2*1H. The third-order valence-corrected chi connectivity index (χ3v) is 4.56. The molecule has 0 radical (unpaired) electrons. The van der Waals surface area contributed by atoms with Gasteiger partial charge in [-0.3, -0.25) is 15.2 Å². The van der Waals surface area contributed by atoms with Crippen molar-refractivity contribution in [2.75, 3.05) is 5.32 Å². The van der Waals surface area contributed by atoms with Gasteiger partial charge >= 0.3 is 0 Å². The van der Waals surface area contributed by atoms with Crippen LogP contribution in [-0.2, 0) is 12.8 Å². The summed E-state index contributed by atoms with van der Waals surface area (Å²) >= 11 is 0. The van der Waals surface area contributed by atoms with E-state index in [1.54, 1.807) is 24.4 Å². The zero-order valence-electron chi connectivity index (χ0n) is 16.4. The maximum absolute atomic E-state index is 12.3. The lowest BCUT2D eigenvalue weighted by Crippen LogP contribution is -2.13. The van der Waals surface area contributed by atoms with E-state index in [2.05, 4.69) is 15.3 Å². The Kier molecular flexibility index (Phi) is 8.13. The Balaban J connectivity index is 0.00000171. The van der Waals surface area contributed by atoms with Crippen molar-refractivity contribution in [1.82, 2.24) is 9.97 Å². The number of rotatable bonds is 6. The average molecular weight is 458 g/mol. The largest absolute Gasteiger partial charge is 0.461 e. The molecule has 2 aromatic heterocycles. The number of carbonyl (C=O) groups is 1. The third kappa shape index (κ3) is 5.81. The summed E-state index contributed by atoms with van der Waals surface area (Å²) < 4.78 is 5.86. The number of fused-ring (bicyclic) bond motifs is 1. The van der Waals surface area contributed by atoms with Crippen LogP contribution in [0.2, 0.25) is 0 Å². The predicted octanol–water partition coefficient (Wildman–Crippen LogP) is 4.39. The Morgan fingerprint density at radius 2 is 1.74 bits per heavy atom. The molecule has 0 aliphatic carbocycles. The number of amides is 1. The number of nitrogens with two attached hydrogens (primary N) is 1. The first-order valence-corrected chi connectivity index (χ1v) is 9.12. The molecule has 0 bridgehead atoms. The van der Waals surface area contributed by atoms with Crippen molar-refractivity contribution in [3.05, 3.63) is 89.6 Å². The highest BCUT2D eigenvalue weighted by Crippen LogP contribution is 2.22. The van der Waals surface area contributed by atoms with Crippen LogP contribution in [0.4, 0.5) is 5.82 Å². The number of aryl methyl sites for hydroxylation is 2. The predicted molar refractivity (Wildman–Crippen MR) is 126 cm³/mol. The summed E-state index contributed by atoms with van der Waals surface area (Å²) in [4.78, 5) is 20.2. The van der Waals surface area contributed by atoms with E-state index in [0.29, 0.717) is 16.9 Å². The van der Waals surface area contributed by atoms with Crippen LogP contribution in [0.15, 0.2) is 71.5 Å². The minimum atomic E-state index is -0.226. The number of nitrogens with one attached hydrogen (secondary N) is 2. The van der Waals surface area contributed by atoms with Crippen LogP contribution in [0.3, 0.4) is 0 Å². The number of aromatic nitrogens is 2. The molecule has 0 fully saturated rings. The number of benzene rings is 2. The molecular formula is C22H21Cl2N5O2. The molecule has 0 aliphatic heterocycles. The molecule has 2 aromatic carbocycles. The van der Waals surface area contributed by atoms with Crippen LogP contribution >= 0.6 is 24.8 Å². The van der Waals surface area contributed by atoms with Gasteiger partial charge in [0.2, 0.25) is 0 Å². The van der Waals surface area contributed by atoms with E-state index in [0.717, 1.165) is 35.1 Å². The maximum Gasteiger partial charge on any atom is 0.256 e. The molecular weight excluding hydrogens is 437 g/mol. The molecule has 0 aliphatic rings. The average Bonchev–Trinajstić information content (AvgIpc) is 3.15. The quantitative estimate of drug-likeness (QED) is 0.293. The summed E-state index contributed by atoms with van der Waals surface area (Å²) in [5.41, 5.74) is 8.66. The molecule has 0 saturated carbocycles. The molecule has 0 spiro atoms. The van der Waals surface area contributed by atoms with Gasteiger partial charge in [-0.15, -0.1) is 24.8 Å². The van der Waals surface area contributed by atoms with E-state index in [1.807, 2.05) is 30.3 Å². The minimum absolute atomic E-state index is 0. The Bertz CT molecular complexity index is 1180. The van der Waals surface area contributed by atoms with Gasteiger partial charge in [-0.25, -0.2) is 4.98 Å². The number of halogens is 2. The number of carbonyl (C=O) groups excluding carboxylic acids is 1. The zero-order chi connectivity index (χ0) is 20.2. The molecule has 31 heavy (non-hydrogen) atoms. The van der Waals surface area contributed by atoms with Crippen molar-refractivity contribution < 1.29 is 9.21 Å². The van der Waals surface area contributed by atoms with Gasteiger partial charge in [0.25, 0.3) is 5.91 Å². The SMILES string of the molecule is Cl.Cl.N=C(N)c1ccc2oc(CCc3ccc(C(=O)Nc4cnccn4)cc3)cc2c1. The summed E-state index contributed by atoms with van der Waals surface area (Å²) in [5, 5.41) is 11.2. The zero-order valence-corrected chi connectivity index (χ0v) is 18.0. The van der Waals surface area contributed by atoms with Gasteiger partial charge in [-0.1, -0.05) is 12.1 Å². The number of nitrogens with zero attached hydrogens (tertiary/aromatic N) is 2. The molecule has 9 heteroatoms.